The van der Waals surface area contributed by atoms with Gasteiger partial charge in [-0.2, -0.15) is 4.98 Å². The maximum Gasteiger partial charge on any atom is 0.295 e. The fourth-order valence-corrected chi connectivity index (χ4v) is 2.10. The van der Waals surface area contributed by atoms with Crippen molar-refractivity contribution in [3.8, 4) is 0 Å². The number of rotatable bonds is 5. The Balaban J connectivity index is 1.60. The number of aromatic nitrogens is 1. The zero-order valence-electron chi connectivity index (χ0n) is 11.3. The van der Waals surface area contributed by atoms with E-state index in [0.29, 0.717) is 23.7 Å². The number of aliphatic hydroxyl groups is 1. The Morgan fingerprint density at radius 1 is 1.10 bits per heavy atom. The molecule has 0 aliphatic rings. The van der Waals surface area contributed by atoms with Crippen LogP contribution in [-0.2, 0) is 13.0 Å². The molecule has 1 aromatic heterocycles. The first-order valence-corrected chi connectivity index (χ1v) is 6.73. The lowest BCUT2D eigenvalue weighted by Crippen LogP contribution is -2.04. The van der Waals surface area contributed by atoms with E-state index >= 15 is 0 Å². The largest absolute Gasteiger partial charge is 0.424 e. The molecule has 0 aliphatic carbocycles. The topological polar surface area (TPSA) is 58.3 Å². The molecule has 0 unspecified atom stereocenters. The lowest BCUT2D eigenvalue weighted by molar-refractivity contribution is 0.282. The highest BCUT2D eigenvalue weighted by molar-refractivity contribution is 5.74. The number of benzene rings is 2. The average molecular weight is 286 g/mol. The van der Waals surface area contributed by atoms with Gasteiger partial charge < -0.3 is 14.8 Å². The minimum atomic E-state index is -0.327. The molecule has 21 heavy (non-hydrogen) atoms. The van der Waals surface area contributed by atoms with E-state index in [1.54, 1.807) is 6.07 Å². The number of nitrogens with zero attached hydrogens (tertiary/aromatic N) is 1. The fourth-order valence-electron chi connectivity index (χ4n) is 2.10. The van der Waals surface area contributed by atoms with Crippen LogP contribution in [0.4, 0.5) is 10.4 Å². The normalized spacial score (nSPS) is 11.0. The van der Waals surface area contributed by atoms with Crippen LogP contribution in [0.15, 0.2) is 46.9 Å². The summed E-state index contributed by atoms with van der Waals surface area (Å²) < 4.78 is 18.5. The zero-order valence-corrected chi connectivity index (χ0v) is 11.3. The van der Waals surface area contributed by atoms with Gasteiger partial charge in [-0.1, -0.05) is 24.3 Å². The summed E-state index contributed by atoms with van der Waals surface area (Å²) in [5.74, 6) is -0.327. The fraction of sp³-hybridized carbons (Fsp3) is 0.188. The summed E-state index contributed by atoms with van der Waals surface area (Å²) >= 11 is 0. The van der Waals surface area contributed by atoms with E-state index in [9.17, 15) is 4.39 Å². The van der Waals surface area contributed by atoms with Crippen LogP contribution < -0.4 is 5.32 Å². The van der Waals surface area contributed by atoms with E-state index in [4.69, 9.17) is 9.52 Å². The lowest BCUT2D eigenvalue weighted by Gasteiger charge is -2.03. The van der Waals surface area contributed by atoms with Crippen molar-refractivity contribution < 1.29 is 13.9 Å². The highest BCUT2D eigenvalue weighted by Gasteiger charge is 2.06. The van der Waals surface area contributed by atoms with Crippen molar-refractivity contribution >= 4 is 17.1 Å². The van der Waals surface area contributed by atoms with Gasteiger partial charge in [0.1, 0.15) is 11.3 Å². The number of halogens is 1. The number of fused-ring (bicyclic) bond motifs is 1. The van der Waals surface area contributed by atoms with Crippen molar-refractivity contribution in [2.24, 2.45) is 0 Å². The Morgan fingerprint density at radius 3 is 2.62 bits per heavy atom. The second-order valence-corrected chi connectivity index (χ2v) is 4.78. The molecule has 5 heteroatoms. The molecule has 0 spiro atoms. The molecule has 0 aliphatic heterocycles. The van der Waals surface area contributed by atoms with Gasteiger partial charge in [0, 0.05) is 12.6 Å². The van der Waals surface area contributed by atoms with Crippen molar-refractivity contribution in [2.75, 3.05) is 11.9 Å². The molecule has 0 saturated heterocycles. The molecule has 2 N–H and O–H groups in total. The SMILES string of the molecule is OCc1ccc(CCNc2nc3cc(F)ccc3o2)cc1. The van der Waals surface area contributed by atoms with Gasteiger partial charge >= 0.3 is 0 Å². The summed E-state index contributed by atoms with van der Waals surface area (Å²) in [4.78, 5) is 4.18. The van der Waals surface area contributed by atoms with Gasteiger partial charge in [-0.15, -0.1) is 0 Å². The van der Waals surface area contributed by atoms with E-state index in [-0.39, 0.29) is 12.4 Å². The van der Waals surface area contributed by atoms with Crippen molar-refractivity contribution in [3.05, 3.63) is 59.4 Å². The summed E-state index contributed by atoms with van der Waals surface area (Å²) in [6.07, 6.45) is 0.804. The van der Waals surface area contributed by atoms with Crippen LogP contribution in [0.1, 0.15) is 11.1 Å². The standard InChI is InChI=1S/C16H15FN2O2/c17-13-5-6-15-14(9-13)19-16(21-15)18-8-7-11-1-3-12(10-20)4-2-11/h1-6,9,20H,7-8,10H2,(H,18,19). The van der Waals surface area contributed by atoms with E-state index in [1.165, 1.54) is 12.1 Å². The van der Waals surface area contributed by atoms with Crippen molar-refractivity contribution in [1.82, 2.24) is 4.98 Å². The van der Waals surface area contributed by atoms with Gasteiger partial charge in [0.15, 0.2) is 5.58 Å². The molecule has 3 aromatic rings. The van der Waals surface area contributed by atoms with Crippen LogP contribution in [0.5, 0.6) is 0 Å². The van der Waals surface area contributed by atoms with Crippen molar-refractivity contribution in [1.29, 1.82) is 0 Å². The van der Waals surface area contributed by atoms with Gasteiger partial charge in [0.25, 0.3) is 6.01 Å². The molecule has 0 saturated carbocycles. The van der Waals surface area contributed by atoms with E-state index in [0.717, 1.165) is 17.5 Å². The third-order valence-electron chi connectivity index (χ3n) is 3.25. The van der Waals surface area contributed by atoms with Crippen LogP contribution in [-0.4, -0.2) is 16.6 Å². The Bertz CT molecular complexity index is 738. The first-order chi connectivity index (χ1) is 10.2. The minimum Gasteiger partial charge on any atom is -0.424 e. The molecule has 0 bridgehead atoms. The predicted molar refractivity (Wildman–Crippen MR) is 78.5 cm³/mol. The van der Waals surface area contributed by atoms with Crippen LogP contribution in [0.2, 0.25) is 0 Å². The highest BCUT2D eigenvalue weighted by Crippen LogP contribution is 2.19. The van der Waals surface area contributed by atoms with E-state index in [2.05, 4.69) is 10.3 Å². The van der Waals surface area contributed by atoms with Crippen molar-refractivity contribution in [3.63, 3.8) is 0 Å². The van der Waals surface area contributed by atoms with Gasteiger partial charge in [-0.25, -0.2) is 4.39 Å². The van der Waals surface area contributed by atoms with Crippen LogP contribution in [0, 0.1) is 5.82 Å². The molecule has 0 radical (unpaired) electrons. The zero-order chi connectivity index (χ0) is 14.7. The molecule has 108 valence electrons. The molecule has 2 aromatic carbocycles. The Morgan fingerprint density at radius 2 is 1.86 bits per heavy atom. The highest BCUT2D eigenvalue weighted by atomic mass is 19.1. The maximum atomic E-state index is 13.1. The van der Waals surface area contributed by atoms with Crippen molar-refractivity contribution in [2.45, 2.75) is 13.0 Å². The van der Waals surface area contributed by atoms with Crippen LogP contribution in [0.25, 0.3) is 11.1 Å². The summed E-state index contributed by atoms with van der Waals surface area (Å²) in [5.41, 5.74) is 3.12. The molecular formula is C16H15FN2O2. The van der Waals surface area contributed by atoms with Gasteiger partial charge in [0.05, 0.1) is 6.61 Å². The number of anilines is 1. The molecule has 1 heterocycles. The minimum absolute atomic E-state index is 0.0536. The summed E-state index contributed by atoms with van der Waals surface area (Å²) in [5, 5.41) is 12.1. The quantitative estimate of drug-likeness (QED) is 0.756. The van der Waals surface area contributed by atoms with Crippen LogP contribution in [0.3, 0.4) is 0 Å². The van der Waals surface area contributed by atoms with E-state index in [1.807, 2.05) is 24.3 Å². The molecular weight excluding hydrogens is 271 g/mol. The maximum absolute atomic E-state index is 13.1. The number of oxazole rings is 1. The number of hydrogen-bond acceptors (Lipinski definition) is 4. The summed E-state index contributed by atoms with van der Waals surface area (Å²) in [6, 6.07) is 12.4. The molecule has 0 fully saturated rings. The first kappa shape index (κ1) is 13.6. The van der Waals surface area contributed by atoms with Gasteiger partial charge in [-0.3, -0.25) is 0 Å². The predicted octanol–water partition coefficient (Wildman–Crippen LogP) is 3.11. The number of hydrogen-bond donors (Lipinski definition) is 2. The summed E-state index contributed by atoms with van der Waals surface area (Å²) in [7, 11) is 0. The van der Waals surface area contributed by atoms with Crippen LogP contribution >= 0.6 is 0 Å². The third-order valence-corrected chi connectivity index (χ3v) is 3.25. The molecule has 0 atom stereocenters. The average Bonchev–Trinajstić information content (AvgIpc) is 2.89. The second kappa shape index (κ2) is 5.93. The van der Waals surface area contributed by atoms with Gasteiger partial charge in [0.2, 0.25) is 0 Å². The molecule has 4 nitrogen and oxygen atoms in total. The number of aliphatic hydroxyl groups excluding tert-OH is 1. The van der Waals surface area contributed by atoms with E-state index < -0.39 is 0 Å². The van der Waals surface area contributed by atoms with Gasteiger partial charge in [-0.05, 0) is 29.7 Å². The number of nitrogens with one attached hydrogen (secondary N) is 1. The Hall–Kier alpha value is -2.40. The third kappa shape index (κ3) is 3.20. The molecule has 3 rings (SSSR count). The summed E-state index contributed by atoms with van der Waals surface area (Å²) in [6.45, 7) is 0.714. The monoisotopic (exact) mass is 286 g/mol. The Labute approximate surface area is 121 Å². The smallest absolute Gasteiger partial charge is 0.295 e. The lowest BCUT2D eigenvalue weighted by atomic mass is 10.1. The molecule has 0 amide bonds. The second-order valence-electron chi connectivity index (χ2n) is 4.78. The first-order valence-electron chi connectivity index (χ1n) is 6.73. The Kier molecular flexibility index (Phi) is 3.83.